The number of aromatic amines is 1. The van der Waals surface area contributed by atoms with Gasteiger partial charge in [0, 0.05) is 25.0 Å². The molecule has 1 amide bonds. The van der Waals surface area contributed by atoms with Gasteiger partial charge in [0.05, 0.1) is 0 Å². The zero-order chi connectivity index (χ0) is 16.1. The van der Waals surface area contributed by atoms with Crippen molar-refractivity contribution in [3.63, 3.8) is 0 Å². The fraction of sp³-hybridized carbons (Fsp3) is 0.412. The van der Waals surface area contributed by atoms with Gasteiger partial charge >= 0.3 is 0 Å². The number of carbonyl (C=O) groups excluding carboxylic acids is 1. The number of nitrogens with one attached hydrogen (secondary N) is 1. The summed E-state index contributed by atoms with van der Waals surface area (Å²) < 4.78 is 18.8. The number of ether oxygens (including phenoxy) is 1. The monoisotopic (exact) mass is 317 g/mol. The second-order valence-corrected chi connectivity index (χ2v) is 5.85. The summed E-state index contributed by atoms with van der Waals surface area (Å²) in [5, 5.41) is 6.91. The Morgan fingerprint density at radius 1 is 1.39 bits per heavy atom. The summed E-state index contributed by atoms with van der Waals surface area (Å²) in [6.07, 6.45) is 4.70. The Morgan fingerprint density at radius 3 is 3.04 bits per heavy atom. The van der Waals surface area contributed by atoms with E-state index in [0.717, 1.165) is 31.5 Å². The molecular weight excluding hydrogens is 297 g/mol. The molecule has 5 nitrogen and oxygen atoms in total. The van der Waals surface area contributed by atoms with Crippen LogP contribution in [0.4, 0.5) is 4.39 Å². The molecule has 0 saturated carbocycles. The molecule has 1 fully saturated rings. The van der Waals surface area contributed by atoms with Crippen molar-refractivity contribution >= 4 is 5.91 Å². The highest BCUT2D eigenvalue weighted by atomic mass is 19.1. The van der Waals surface area contributed by atoms with Crippen molar-refractivity contribution in [2.45, 2.75) is 19.3 Å². The number of rotatable bonds is 5. The van der Waals surface area contributed by atoms with E-state index in [9.17, 15) is 9.18 Å². The highest BCUT2D eigenvalue weighted by Gasteiger charge is 2.24. The molecule has 122 valence electrons. The minimum atomic E-state index is -0.448. The third-order valence-electron chi connectivity index (χ3n) is 4.13. The summed E-state index contributed by atoms with van der Waals surface area (Å²) >= 11 is 0. The van der Waals surface area contributed by atoms with Gasteiger partial charge in [0.25, 0.3) is 5.91 Å². The lowest BCUT2D eigenvalue weighted by molar-refractivity contribution is -0.135. The number of amides is 1. The molecule has 1 aliphatic rings. The number of benzene rings is 1. The van der Waals surface area contributed by atoms with E-state index < -0.39 is 5.82 Å². The number of carbonyl (C=O) groups is 1. The lowest BCUT2D eigenvalue weighted by Crippen LogP contribution is -2.42. The summed E-state index contributed by atoms with van der Waals surface area (Å²) in [7, 11) is 0. The van der Waals surface area contributed by atoms with E-state index in [1.807, 2.05) is 11.0 Å². The molecule has 1 N–H and O–H groups in total. The molecule has 1 aliphatic heterocycles. The number of para-hydroxylation sites is 1. The predicted molar refractivity (Wildman–Crippen MR) is 83.5 cm³/mol. The van der Waals surface area contributed by atoms with E-state index in [1.165, 1.54) is 12.1 Å². The summed E-state index contributed by atoms with van der Waals surface area (Å²) in [5.41, 5.74) is 1.09. The molecule has 1 atom stereocenters. The highest BCUT2D eigenvalue weighted by Crippen LogP contribution is 2.21. The maximum Gasteiger partial charge on any atom is 0.260 e. The van der Waals surface area contributed by atoms with Crippen LogP contribution in [-0.4, -0.2) is 40.7 Å². The van der Waals surface area contributed by atoms with E-state index in [0.29, 0.717) is 12.5 Å². The van der Waals surface area contributed by atoms with Crippen molar-refractivity contribution in [2.24, 2.45) is 5.92 Å². The molecule has 1 saturated heterocycles. The van der Waals surface area contributed by atoms with Crippen LogP contribution in [0.1, 0.15) is 18.5 Å². The van der Waals surface area contributed by atoms with Crippen molar-refractivity contribution in [3.8, 4) is 5.75 Å². The number of H-pyrrole nitrogens is 1. The van der Waals surface area contributed by atoms with Gasteiger partial charge in [-0.1, -0.05) is 12.1 Å². The van der Waals surface area contributed by atoms with Crippen LogP contribution >= 0.6 is 0 Å². The number of hydrogen-bond donors (Lipinski definition) is 1. The van der Waals surface area contributed by atoms with Crippen LogP contribution in [0.25, 0.3) is 0 Å². The molecule has 1 aromatic heterocycles. The maximum absolute atomic E-state index is 13.5. The Bertz CT molecular complexity index is 645. The number of hydrogen-bond acceptors (Lipinski definition) is 3. The number of piperidine rings is 1. The largest absolute Gasteiger partial charge is 0.481 e. The third kappa shape index (κ3) is 4.09. The molecule has 3 rings (SSSR count). The van der Waals surface area contributed by atoms with Gasteiger partial charge in [-0.2, -0.15) is 5.10 Å². The van der Waals surface area contributed by atoms with Gasteiger partial charge in [0.2, 0.25) is 0 Å². The molecule has 1 aromatic carbocycles. The van der Waals surface area contributed by atoms with Crippen molar-refractivity contribution in [2.75, 3.05) is 19.7 Å². The Labute approximate surface area is 134 Å². The minimum absolute atomic E-state index is 0.0948. The second-order valence-electron chi connectivity index (χ2n) is 5.85. The predicted octanol–water partition coefficient (Wildman–Crippen LogP) is 2.41. The van der Waals surface area contributed by atoms with Crippen molar-refractivity contribution in [1.29, 1.82) is 0 Å². The van der Waals surface area contributed by atoms with Crippen molar-refractivity contribution < 1.29 is 13.9 Å². The van der Waals surface area contributed by atoms with E-state index in [4.69, 9.17) is 4.74 Å². The lowest BCUT2D eigenvalue weighted by atomic mass is 9.93. The zero-order valence-corrected chi connectivity index (χ0v) is 12.9. The lowest BCUT2D eigenvalue weighted by Gasteiger charge is -2.32. The maximum atomic E-state index is 13.5. The van der Waals surface area contributed by atoms with E-state index in [2.05, 4.69) is 10.2 Å². The Morgan fingerprint density at radius 2 is 2.26 bits per heavy atom. The van der Waals surface area contributed by atoms with Crippen LogP contribution in [0.15, 0.2) is 36.5 Å². The fourth-order valence-electron chi connectivity index (χ4n) is 2.96. The van der Waals surface area contributed by atoms with Crippen LogP contribution < -0.4 is 4.74 Å². The SMILES string of the molecule is O=C(COc1ccccc1F)N1CCC[C@H](Cc2ccn[nH]2)C1. The van der Waals surface area contributed by atoms with Crippen molar-refractivity contribution in [3.05, 3.63) is 48.0 Å². The molecule has 0 spiro atoms. The molecule has 2 aromatic rings. The van der Waals surface area contributed by atoms with Gasteiger partial charge in [0.1, 0.15) is 0 Å². The van der Waals surface area contributed by atoms with Gasteiger partial charge in [0.15, 0.2) is 18.2 Å². The Balaban J connectivity index is 1.51. The average Bonchev–Trinajstić information content (AvgIpc) is 3.07. The Hall–Kier alpha value is -2.37. The Kier molecular flexibility index (Phi) is 4.90. The van der Waals surface area contributed by atoms with E-state index in [-0.39, 0.29) is 18.3 Å². The summed E-state index contributed by atoms with van der Waals surface area (Å²) in [6, 6.07) is 8.09. The van der Waals surface area contributed by atoms with Crippen molar-refractivity contribution in [1.82, 2.24) is 15.1 Å². The molecule has 0 unspecified atom stereocenters. The number of halogens is 1. The normalized spacial score (nSPS) is 18.0. The molecule has 2 heterocycles. The smallest absolute Gasteiger partial charge is 0.260 e. The number of likely N-dealkylation sites (tertiary alicyclic amines) is 1. The quantitative estimate of drug-likeness (QED) is 0.921. The minimum Gasteiger partial charge on any atom is -0.481 e. The first-order chi connectivity index (χ1) is 11.2. The van der Waals surface area contributed by atoms with E-state index in [1.54, 1.807) is 18.3 Å². The van der Waals surface area contributed by atoms with Crippen LogP contribution in [-0.2, 0) is 11.2 Å². The molecule has 0 aliphatic carbocycles. The first-order valence-electron chi connectivity index (χ1n) is 7.85. The van der Waals surface area contributed by atoms with Crippen LogP contribution in [0.3, 0.4) is 0 Å². The topological polar surface area (TPSA) is 58.2 Å². The van der Waals surface area contributed by atoms with Gasteiger partial charge in [-0.25, -0.2) is 4.39 Å². The van der Waals surface area contributed by atoms with Gasteiger partial charge in [-0.15, -0.1) is 0 Å². The highest BCUT2D eigenvalue weighted by molar-refractivity contribution is 5.77. The number of nitrogens with zero attached hydrogens (tertiary/aromatic N) is 2. The zero-order valence-electron chi connectivity index (χ0n) is 12.9. The summed E-state index contributed by atoms with van der Waals surface area (Å²) in [5.74, 6) is -0.00731. The van der Waals surface area contributed by atoms with Crippen LogP contribution in [0.5, 0.6) is 5.75 Å². The molecule has 23 heavy (non-hydrogen) atoms. The average molecular weight is 317 g/mol. The number of aromatic nitrogens is 2. The first-order valence-corrected chi connectivity index (χ1v) is 7.85. The molecule has 6 heteroatoms. The van der Waals surface area contributed by atoms with Gasteiger partial charge in [-0.3, -0.25) is 9.89 Å². The molecule has 0 bridgehead atoms. The first kappa shape index (κ1) is 15.5. The fourth-order valence-corrected chi connectivity index (χ4v) is 2.96. The van der Waals surface area contributed by atoms with Gasteiger partial charge < -0.3 is 9.64 Å². The van der Waals surface area contributed by atoms with E-state index >= 15 is 0 Å². The molecular formula is C17H20FN3O2. The summed E-state index contributed by atoms with van der Waals surface area (Å²) in [4.78, 5) is 14.1. The third-order valence-corrected chi connectivity index (χ3v) is 4.13. The van der Waals surface area contributed by atoms with Crippen LogP contribution in [0.2, 0.25) is 0 Å². The van der Waals surface area contributed by atoms with Crippen LogP contribution in [0, 0.1) is 11.7 Å². The summed E-state index contributed by atoms with van der Waals surface area (Å²) in [6.45, 7) is 1.31. The van der Waals surface area contributed by atoms with Gasteiger partial charge in [-0.05, 0) is 43.4 Å². The molecule has 0 radical (unpaired) electrons. The second kappa shape index (κ2) is 7.26. The standard InChI is InChI=1S/C17H20FN3O2/c18-15-5-1-2-6-16(15)23-12-17(22)21-9-3-4-13(11-21)10-14-7-8-19-20-14/h1-2,5-8,13H,3-4,9-12H2,(H,19,20)/t13-/m1/s1.